The predicted octanol–water partition coefficient (Wildman–Crippen LogP) is 4.04. The normalized spacial score (nSPS) is 37.6. The first-order valence-electron chi connectivity index (χ1n) is 11.2. The van der Waals surface area contributed by atoms with Crippen molar-refractivity contribution in [2.75, 3.05) is 0 Å². The summed E-state index contributed by atoms with van der Waals surface area (Å²) in [4.78, 5) is 23.2. The molecule has 0 saturated heterocycles. The zero-order valence-corrected chi connectivity index (χ0v) is 19.5. The van der Waals surface area contributed by atoms with Crippen LogP contribution in [0.4, 0.5) is 0 Å². The third-order valence-corrected chi connectivity index (χ3v) is 8.44. The molecule has 0 heterocycles. The number of aliphatic hydroxyl groups is 2. The smallest absolute Gasteiger partial charge is 0.308 e. The number of fused-ring (bicyclic) bond motifs is 1. The molecule has 1 aromatic rings. The zero-order chi connectivity index (χ0) is 23.2. The number of rotatable bonds is 4. The molecule has 0 amide bonds. The first-order valence-corrected chi connectivity index (χ1v) is 11.2. The highest BCUT2D eigenvalue weighted by molar-refractivity contribution is 5.71. The molecule has 0 spiro atoms. The molecule has 2 fully saturated rings. The van der Waals surface area contributed by atoms with Crippen molar-refractivity contribution in [2.45, 2.75) is 85.4 Å². The SMILES string of the molecule is CC(=O)Oc1ccc(OC(C)=O)c(C[C@]2(C)[C@H]3CC[C@H](O)[C@@](C)(O)[C@@]3(C)CC[C@@H]2C)c1. The van der Waals surface area contributed by atoms with Gasteiger partial charge in [-0.1, -0.05) is 20.8 Å². The van der Waals surface area contributed by atoms with Crippen molar-refractivity contribution in [2.24, 2.45) is 22.7 Å². The minimum Gasteiger partial charge on any atom is -0.427 e. The van der Waals surface area contributed by atoms with E-state index >= 15 is 0 Å². The van der Waals surface area contributed by atoms with Gasteiger partial charge in [0.15, 0.2) is 0 Å². The Kier molecular flexibility index (Phi) is 6.29. The second kappa shape index (κ2) is 8.21. The van der Waals surface area contributed by atoms with Gasteiger partial charge in [-0.3, -0.25) is 9.59 Å². The van der Waals surface area contributed by atoms with Crippen LogP contribution in [0.2, 0.25) is 0 Å². The highest BCUT2D eigenvalue weighted by Crippen LogP contribution is 2.64. The van der Waals surface area contributed by atoms with Crippen LogP contribution in [-0.4, -0.2) is 33.9 Å². The van der Waals surface area contributed by atoms with Crippen LogP contribution < -0.4 is 9.47 Å². The van der Waals surface area contributed by atoms with Gasteiger partial charge in [0.1, 0.15) is 11.5 Å². The molecule has 0 aliphatic heterocycles. The average molecular weight is 433 g/mol. The van der Waals surface area contributed by atoms with E-state index in [0.29, 0.717) is 30.3 Å². The molecule has 6 nitrogen and oxygen atoms in total. The number of esters is 2. The quantitative estimate of drug-likeness (QED) is 0.551. The molecule has 6 heteroatoms. The van der Waals surface area contributed by atoms with E-state index in [2.05, 4.69) is 20.8 Å². The lowest BCUT2D eigenvalue weighted by molar-refractivity contribution is -0.234. The maximum atomic E-state index is 11.7. The first-order chi connectivity index (χ1) is 14.3. The summed E-state index contributed by atoms with van der Waals surface area (Å²) >= 11 is 0. The van der Waals surface area contributed by atoms with Crippen LogP contribution in [0.1, 0.15) is 72.8 Å². The van der Waals surface area contributed by atoms with Gasteiger partial charge in [0.05, 0.1) is 11.7 Å². The Balaban J connectivity index is 2.04. The van der Waals surface area contributed by atoms with E-state index in [9.17, 15) is 19.8 Å². The van der Waals surface area contributed by atoms with Gasteiger partial charge in [0.25, 0.3) is 0 Å². The highest BCUT2D eigenvalue weighted by atomic mass is 16.5. The third-order valence-electron chi connectivity index (χ3n) is 8.44. The van der Waals surface area contributed by atoms with Crippen LogP contribution in [-0.2, 0) is 16.0 Å². The standard InChI is InChI=1S/C25H36O6/c1-15-11-12-24(5)21(9-10-22(28)25(24,6)29)23(15,4)14-18-13-19(30-16(2)26)7-8-20(18)31-17(3)27/h7-8,13,15,21-22,28-29H,9-12,14H2,1-6H3/t15-,21+,22-,23-,24-,25+/m0/s1. The van der Waals surface area contributed by atoms with Crippen LogP contribution in [0.15, 0.2) is 18.2 Å². The Morgan fingerprint density at radius 3 is 2.32 bits per heavy atom. The van der Waals surface area contributed by atoms with E-state index in [1.807, 2.05) is 0 Å². The summed E-state index contributed by atoms with van der Waals surface area (Å²) in [5.41, 5.74) is -1.00. The lowest BCUT2D eigenvalue weighted by atomic mass is 9.43. The maximum Gasteiger partial charge on any atom is 0.308 e. The summed E-state index contributed by atoms with van der Waals surface area (Å²) in [6.45, 7) is 11.1. The van der Waals surface area contributed by atoms with Gasteiger partial charge < -0.3 is 19.7 Å². The molecule has 0 unspecified atom stereocenters. The van der Waals surface area contributed by atoms with Gasteiger partial charge in [-0.25, -0.2) is 0 Å². The second-order valence-corrected chi connectivity index (χ2v) is 10.3. The van der Waals surface area contributed by atoms with Gasteiger partial charge in [0.2, 0.25) is 0 Å². The molecule has 0 bridgehead atoms. The van der Waals surface area contributed by atoms with Crippen molar-refractivity contribution in [3.05, 3.63) is 23.8 Å². The van der Waals surface area contributed by atoms with E-state index in [0.717, 1.165) is 24.8 Å². The molecule has 3 rings (SSSR count). The summed E-state index contributed by atoms with van der Waals surface area (Å²) in [6, 6.07) is 5.08. The topological polar surface area (TPSA) is 93.1 Å². The lowest BCUT2D eigenvalue weighted by Gasteiger charge is -2.64. The van der Waals surface area contributed by atoms with Crippen LogP contribution in [0.3, 0.4) is 0 Å². The number of carbonyl (C=O) groups excluding carboxylic acids is 2. The molecule has 6 atom stereocenters. The molecule has 2 N–H and O–H groups in total. The maximum absolute atomic E-state index is 11.7. The minimum atomic E-state index is -1.17. The molecule has 2 aliphatic carbocycles. The Morgan fingerprint density at radius 2 is 1.71 bits per heavy atom. The number of ether oxygens (including phenoxy) is 2. The summed E-state index contributed by atoms with van der Waals surface area (Å²) in [5.74, 6) is 0.597. The number of benzene rings is 1. The van der Waals surface area contributed by atoms with Crippen molar-refractivity contribution in [3.8, 4) is 11.5 Å². The summed E-state index contributed by atoms with van der Waals surface area (Å²) in [6.07, 6.45) is 3.02. The van der Waals surface area contributed by atoms with Crippen molar-refractivity contribution >= 4 is 11.9 Å². The first kappa shape index (κ1) is 23.7. The van der Waals surface area contributed by atoms with E-state index in [-0.39, 0.29) is 11.3 Å². The molecule has 0 aromatic heterocycles. The van der Waals surface area contributed by atoms with E-state index in [4.69, 9.17) is 9.47 Å². The highest BCUT2D eigenvalue weighted by Gasteiger charge is 2.62. The van der Waals surface area contributed by atoms with Crippen LogP contribution in [0.5, 0.6) is 11.5 Å². The number of hydrogen-bond donors (Lipinski definition) is 2. The van der Waals surface area contributed by atoms with Gasteiger partial charge >= 0.3 is 11.9 Å². The number of aliphatic hydroxyl groups excluding tert-OH is 1. The van der Waals surface area contributed by atoms with Crippen LogP contribution in [0, 0.1) is 22.7 Å². The Hall–Kier alpha value is -1.92. The third kappa shape index (κ3) is 4.12. The van der Waals surface area contributed by atoms with Crippen LogP contribution >= 0.6 is 0 Å². The van der Waals surface area contributed by atoms with E-state index in [1.165, 1.54) is 13.8 Å². The predicted molar refractivity (Wildman–Crippen MR) is 117 cm³/mol. The largest absolute Gasteiger partial charge is 0.427 e. The minimum absolute atomic E-state index is 0.171. The fourth-order valence-electron chi connectivity index (χ4n) is 6.22. The van der Waals surface area contributed by atoms with Crippen molar-refractivity contribution in [1.82, 2.24) is 0 Å². The van der Waals surface area contributed by atoms with Crippen molar-refractivity contribution in [1.29, 1.82) is 0 Å². The summed E-state index contributed by atoms with van der Waals surface area (Å²) < 4.78 is 10.8. The van der Waals surface area contributed by atoms with Gasteiger partial charge in [-0.15, -0.1) is 0 Å². The second-order valence-electron chi connectivity index (χ2n) is 10.3. The fraction of sp³-hybridized carbons (Fsp3) is 0.680. The molecule has 1 aromatic carbocycles. The molecular formula is C25H36O6. The fourth-order valence-corrected chi connectivity index (χ4v) is 6.22. The molecular weight excluding hydrogens is 396 g/mol. The van der Waals surface area contributed by atoms with Gasteiger partial charge in [-0.2, -0.15) is 0 Å². The summed E-state index contributed by atoms with van der Waals surface area (Å²) in [5, 5.41) is 21.9. The summed E-state index contributed by atoms with van der Waals surface area (Å²) in [7, 11) is 0. The van der Waals surface area contributed by atoms with Crippen molar-refractivity contribution < 1.29 is 29.3 Å². The van der Waals surface area contributed by atoms with Crippen molar-refractivity contribution in [3.63, 3.8) is 0 Å². The Labute approximate surface area is 184 Å². The van der Waals surface area contributed by atoms with Gasteiger partial charge in [-0.05, 0) is 80.0 Å². The number of hydrogen-bond acceptors (Lipinski definition) is 6. The molecule has 31 heavy (non-hydrogen) atoms. The monoisotopic (exact) mass is 432 g/mol. The molecule has 172 valence electrons. The van der Waals surface area contributed by atoms with E-state index in [1.54, 1.807) is 25.1 Å². The average Bonchev–Trinajstić information content (AvgIpc) is 2.65. The van der Waals surface area contributed by atoms with E-state index < -0.39 is 29.1 Å². The number of carbonyl (C=O) groups is 2. The Bertz CT molecular complexity index is 862. The lowest BCUT2D eigenvalue weighted by Crippen LogP contribution is -2.65. The molecule has 0 radical (unpaired) electrons. The Morgan fingerprint density at radius 1 is 1.06 bits per heavy atom. The van der Waals surface area contributed by atoms with Crippen LogP contribution in [0.25, 0.3) is 0 Å². The van der Waals surface area contributed by atoms with Gasteiger partial charge in [0, 0.05) is 19.3 Å². The molecule has 2 saturated carbocycles. The zero-order valence-electron chi connectivity index (χ0n) is 19.5. The molecule has 2 aliphatic rings.